The average molecular weight is 360 g/mol. The lowest BCUT2D eigenvalue weighted by Gasteiger charge is -3.11. The Bertz CT molecular complexity index is 865. The van der Waals surface area contributed by atoms with Crippen LogP contribution < -0.4 is 0 Å². The number of alkyl halides is 3. The minimum Gasteiger partial charge on any atom is -0.337 e. The van der Waals surface area contributed by atoms with Crippen molar-refractivity contribution < 1.29 is 25.8 Å². The van der Waals surface area contributed by atoms with Gasteiger partial charge in [0.2, 0.25) is 0 Å². The zero-order valence-corrected chi connectivity index (χ0v) is 13.7. The second kappa shape index (κ2) is 3.30. The van der Waals surface area contributed by atoms with Gasteiger partial charge in [0.15, 0.2) is 5.69 Å². The van der Waals surface area contributed by atoms with Gasteiger partial charge in [0.05, 0.1) is 12.9 Å². The van der Waals surface area contributed by atoms with E-state index in [1.165, 1.54) is 11.7 Å². The van der Waals surface area contributed by atoms with Crippen LogP contribution in [0.25, 0.3) is 0 Å². The highest BCUT2D eigenvalue weighted by Crippen LogP contribution is 3.09. The van der Waals surface area contributed by atoms with E-state index in [9.17, 15) is 21.6 Å². The Balaban J connectivity index is 1.34. The molecule has 6 saturated carbocycles. The summed E-state index contributed by atoms with van der Waals surface area (Å²) in [5, 5.41) is 0. The molecule has 1 aromatic heterocycles. The molecular formula is C15H15F3N2O3S. The summed E-state index contributed by atoms with van der Waals surface area (Å²) >= 11 is 0. The number of halogens is 3. The molecule has 0 saturated heterocycles. The fourth-order valence-corrected chi connectivity index (χ4v) is 9.16. The second-order valence-electron chi connectivity index (χ2n) is 8.13. The highest BCUT2D eigenvalue weighted by atomic mass is 32.2. The molecule has 0 N–H and O–H groups in total. The summed E-state index contributed by atoms with van der Waals surface area (Å²) in [6.45, 7) is 0. The smallest absolute Gasteiger partial charge is 0.337 e. The maximum absolute atomic E-state index is 12.9. The lowest BCUT2D eigenvalue weighted by Crippen LogP contribution is -3.12. The van der Waals surface area contributed by atoms with Gasteiger partial charge in [-0.2, -0.15) is 21.6 Å². The molecule has 1 aromatic rings. The number of aryl methyl sites for hydroxylation is 1. The second-order valence-corrected chi connectivity index (χ2v) is 9.86. The molecule has 1 heterocycles. The van der Waals surface area contributed by atoms with Crippen LogP contribution in [0.15, 0.2) is 6.20 Å². The summed E-state index contributed by atoms with van der Waals surface area (Å²) in [5.74, 6) is 2.63. The maximum Gasteiger partial charge on any atom is 0.434 e. The summed E-state index contributed by atoms with van der Waals surface area (Å²) in [7, 11) is -0.677. The normalized spacial score (nSPS) is 51.7. The van der Waals surface area contributed by atoms with Crippen molar-refractivity contribution in [3.8, 4) is 0 Å². The van der Waals surface area contributed by atoms with Crippen molar-refractivity contribution in [3.05, 3.63) is 17.7 Å². The van der Waals surface area contributed by atoms with Crippen LogP contribution in [0.3, 0.4) is 0 Å². The molecule has 0 aromatic carbocycles. The molecule has 5 nitrogen and oxygen atoms in total. The van der Waals surface area contributed by atoms with Crippen LogP contribution in [0.2, 0.25) is 0 Å². The van der Waals surface area contributed by atoms with E-state index in [-0.39, 0.29) is 16.6 Å². The third kappa shape index (κ3) is 0.981. The molecule has 0 spiro atoms. The third-order valence-electron chi connectivity index (χ3n) is 8.07. The number of hydrogen-bond acceptors (Lipinski definition) is 4. The first-order valence-electron chi connectivity index (χ1n) is 8.01. The van der Waals surface area contributed by atoms with Crippen molar-refractivity contribution in [2.45, 2.75) is 11.6 Å². The SMILES string of the molecule is COS(=O)(=O)CC12C3C4C1C1C2C3C41c1nc(C(F)(F)F)cn1C. The molecule has 0 unspecified atom stereocenters. The molecule has 0 aliphatic heterocycles. The van der Waals surface area contributed by atoms with Crippen LogP contribution in [0, 0.1) is 40.9 Å². The molecule has 7 rings (SSSR count). The fraction of sp³-hybridized carbons (Fsp3) is 0.800. The predicted octanol–water partition coefficient (Wildman–Crippen LogP) is 1.40. The Morgan fingerprint density at radius 2 is 1.75 bits per heavy atom. The predicted molar refractivity (Wildman–Crippen MR) is 74.1 cm³/mol. The van der Waals surface area contributed by atoms with Gasteiger partial charge in [0.25, 0.3) is 10.1 Å². The van der Waals surface area contributed by atoms with E-state index in [1.807, 2.05) is 0 Å². The molecule has 6 fully saturated rings. The van der Waals surface area contributed by atoms with Gasteiger partial charge in [-0.05, 0) is 40.9 Å². The van der Waals surface area contributed by atoms with Gasteiger partial charge in [0.1, 0.15) is 5.82 Å². The fourth-order valence-electron chi connectivity index (χ4n) is 7.86. The van der Waals surface area contributed by atoms with Gasteiger partial charge < -0.3 is 4.57 Å². The molecule has 6 aliphatic carbocycles. The average Bonchev–Trinajstić information content (AvgIpc) is 2.90. The van der Waals surface area contributed by atoms with Crippen LogP contribution in [0.5, 0.6) is 0 Å². The monoisotopic (exact) mass is 360 g/mol. The van der Waals surface area contributed by atoms with Crippen molar-refractivity contribution in [1.82, 2.24) is 9.55 Å². The minimum atomic E-state index is -4.43. The van der Waals surface area contributed by atoms with Crippen LogP contribution in [0.4, 0.5) is 13.2 Å². The Labute approximate surface area is 136 Å². The van der Waals surface area contributed by atoms with Crippen molar-refractivity contribution in [1.29, 1.82) is 0 Å². The van der Waals surface area contributed by atoms with Crippen molar-refractivity contribution >= 4 is 10.1 Å². The molecule has 0 radical (unpaired) electrons. The van der Waals surface area contributed by atoms with Gasteiger partial charge in [-0.3, -0.25) is 4.18 Å². The molecule has 0 amide bonds. The molecule has 9 heteroatoms. The standard InChI is InChI=1S/C15H15F3N2O3S/c1-20-3-5(15(16,17)18)19-12(20)14-9-6-10(14)8-11(14)7(9)13(6,8)4-24(21,22)23-2/h3,6-11H,4H2,1-2H3. The Hall–Kier alpha value is -1.09. The summed E-state index contributed by atoms with van der Waals surface area (Å²) in [4.78, 5) is 3.93. The first-order chi connectivity index (χ1) is 11.1. The van der Waals surface area contributed by atoms with E-state index in [0.717, 1.165) is 6.20 Å². The Kier molecular flexibility index (Phi) is 1.94. The molecular weight excluding hydrogens is 345 g/mol. The summed E-state index contributed by atoms with van der Waals surface area (Å²) in [6.07, 6.45) is -3.36. The zero-order valence-electron chi connectivity index (χ0n) is 12.9. The van der Waals surface area contributed by atoms with E-state index in [2.05, 4.69) is 9.17 Å². The van der Waals surface area contributed by atoms with Crippen LogP contribution >= 0.6 is 0 Å². The summed E-state index contributed by atoms with van der Waals surface area (Å²) in [6, 6.07) is 0. The topological polar surface area (TPSA) is 61.2 Å². The summed E-state index contributed by atoms with van der Waals surface area (Å²) < 4.78 is 68.6. The number of aromatic nitrogens is 2. The number of nitrogens with zero attached hydrogens (tertiary/aromatic N) is 2. The van der Waals surface area contributed by atoms with E-state index < -0.39 is 22.0 Å². The van der Waals surface area contributed by atoms with E-state index in [1.54, 1.807) is 7.05 Å². The highest BCUT2D eigenvalue weighted by molar-refractivity contribution is 7.86. The Morgan fingerprint density at radius 3 is 2.17 bits per heavy atom. The van der Waals surface area contributed by atoms with Gasteiger partial charge >= 0.3 is 6.18 Å². The van der Waals surface area contributed by atoms with Crippen LogP contribution in [-0.4, -0.2) is 30.8 Å². The summed E-state index contributed by atoms with van der Waals surface area (Å²) in [5.41, 5.74) is -1.16. The van der Waals surface area contributed by atoms with Gasteiger partial charge in [0, 0.05) is 18.7 Å². The van der Waals surface area contributed by atoms with Crippen molar-refractivity contribution in [2.75, 3.05) is 12.9 Å². The highest BCUT2D eigenvalue weighted by Gasteiger charge is 3.10. The lowest BCUT2D eigenvalue weighted by atomic mass is 8.92. The van der Waals surface area contributed by atoms with Gasteiger partial charge in [-0.1, -0.05) is 0 Å². The van der Waals surface area contributed by atoms with Gasteiger partial charge in [-0.25, -0.2) is 4.98 Å². The molecule has 130 valence electrons. The van der Waals surface area contributed by atoms with E-state index >= 15 is 0 Å². The van der Waals surface area contributed by atoms with Crippen molar-refractivity contribution in [3.63, 3.8) is 0 Å². The molecule has 24 heavy (non-hydrogen) atoms. The first kappa shape index (κ1) is 14.1. The number of hydrogen-bond donors (Lipinski definition) is 0. The molecule has 0 bridgehead atoms. The quantitative estimate of drug-likeness (QED) is 0.762. The van der Waals surface area contributed by atoms with Crippen molar-refractivity contribution in [2.24, 2.45) is 48.0 Å². The van der Waals surface area contributed by atoms with E-state index in [0.29, 0.717) is 41.3 Å². The molecule has 6 aliphatic rings. The molecule has 0 atom stereocenters. The van der Waals surface area contributed by atoms with Crippen LogP contribution in [-0.2, 0) is 32.9 Å². The third-order valence-corrected chi connectivity index (χ3v) is 9.43. The zero-order chi connectivity index (χ0) is 17.0. The van der Waals surface area contributed by atoms with E-state index in [4.69, 9.17) is 0 Å². The largest absolute Gasteiger partial charge is 0.434 e. The first-order valence-corrected chi connectivity index (χ1v) is 9.59. The Morgan fingerprint density at radius 1 is 1.21 bits per heavy atom. The van der Waals surface area contributed by atoms with Gasteiger partial charge in [-0.15, -0.1) is 0 Å². The maximum atomic E-state index is 12.9. The van der Waals surface area contributed by atoms with Crippen LogP contribution in [0.1, 0.15) is 11.5 Å². The lowest BCUT2D eigenvalue weighted by molar-refractivity contribution is -0.624. The number of rotatable bonds is 4. The minimum absolute atomic E-state index is 0.0739. The number of imidazole rings is 1.